The van der Waals surface area contributed by atoms with Crippen LogP contribution in [0.3, 0.4) is 0 Å². The Morgan fingerprint density at radius 2 is 2.12 bits per heavy atom. The molecule has 122 valence electrons. The number of hydrogen-bond acceptors (Lipinski definition) is 4. The number of aromatic carboxylic acids is 1. The molecule has 1 fully saturated rings. The largest absolute Gasteiger partial charge is 0.478 e. The summed E-state index contributed by atoms with van der Waals surface area (Å²) in [5.74, 6) is -0.955. The predicted molar refractivity (Wildman–Crippen MR) is 88.8 cm³/mol. The second kappa shape index (κ2) is 6.05. The number of hydrogen-bond donors (Lipinski definition) is 1. The van der Waals surface area contributed by atoms with Gasteiger partial charge in [-0.2, -0.15) is 5.10 Å². The van der Waals surface area contributed by atoms with E-state index in [1.165, 1.54) is 12.3 Å². The SMILES string of the molecule is O=C(O)c1ccnc2ccc(-c3ccnn3[C@H]3CCCCO3)cc12. The molecule has 1 N–H and O–H groups in total. The maximum Gasteiger partial charge on any atom is 0.336 e. The zero-order valence-corrected chi connectivity index (χ0v) is 13.1. The first kappa shape index (κ1) is 14.8. The number of aromatic nitrogens is 3. The summed E-state index contributed by atoms with van der Waals surface area (Å²) < 4.78 is 7.71. The maximum absolute atomic E-state index is 11.5. The van der Waals surface area contributed by atoms with Gasteiger partial charge < -0.3 is 9.84 Å². The van der Waals surface area contributed by atoms with Crippen molar-refractivity contribution in [2.75, 3.05) is 6.61 Å². The van der Waals surface area contributed by atoms with Crippen molar-refractivity contribution in [2.45, 2.75) is 25.5 Å². The van der Waals surface area contributed by atoms with Gasteiger partial charge in [-0.1, -0.05) is 6.07 Å². The highest BCUT2D eigenvalue weighted by Gasteiger charge is 2.20. The Bertz CT molecular complexity index is 897. The Balaban J connectivity index is 1.81. The summed E-state index contributed by atoms with van der Waals surface area (Å²) in [5.41, 5.74) is 2.74. The molecule has 1 aliphatic rings. The van der Waals surface area contributed by atoms with Crippen molar-refractivity contribution in [1.29, 1.82) is 0 Å². The molecule has 0 bridgehead atoms. The van der Waals surface area contributed by atoms with Crippen LogP contribution in [0.4, 0.5) is 0 Å². The molecule has 2 aromatic heterocycles. The molecule has 1 atom stereocenters. The second-order valence-electron chi connectivity index (χ2n) is 5.88. The zero-order chi connectivity index (χ0) is 16.5. The van der Waals surface area contributed by atoms with Gasteiger partial charge >= 0.3 is 5.97 Å². The molecular formula is C18H17N3O3. The summed E-state index contributed by atoms with van der Waals surface area (Å²) in [7, 11) is 0. The van der Waals surface area contributed by atoms with Gasteiger partial charge in [0.15, 0.2) is 6.23 Å². The molecule has 0 aliphatic carbocycles. The fraction of sp³-hybridized carbons (Fsp3) is 0.278. The van der Waals surface area contributed by atoms with Gasteiger partial charge in [-0.15, -0.1) is 0 Å². The van der Waals surface area contributed by atoms with E-state index in [1.54, 1.807) is 6.20 Å². The summed E-state index contributed by atoms with van der Waals surface area (Å²) >= 11 is 0. The summed E-state index contributed by atoms with van der Waals surface area (Å²) in [6.07, 6.45) is 6.34. The maximum atomic E-state index is 11.5. The van der Waals surface area contributed by atoms with Crippen molar-refractivity contribution in [3.63, 3.8) is 0 Å². The zero-order valence-electron chi connectivity index (χ0n) is 13.1. The molecule has 24 heavy (non-hydrogen) atoms. The van der Waals surface area contributed by atoms with Crippen LogP contribution in [0.25, 0.3) is 22.2 Å². The van der Waals surface area contributed by atoms with Crippen LogP contribution in [0, 0.1) is 0 Å². The summed E-state index contributed by atoms with van der Waals surface area (Å²) in [5, 5.41) is 14.4. The van der Waals surface area contributed by atoms with E-state index in [-0.39, 0.29) is 11.8 Å². The second-order valence-corrected chi connectivity index (χ2v) is 5.88. The lowest BCUT2D eigenvalue weighted by Gasteiger charge is -2.24. The van der Waals surface area contributed by atoms with E-state index in [2.05, 4.69) is 10.1 Å². The number of ether oxygens (including phenoxy) is 1. The third-order valence-electron chi connectivity index (χ3n) is 4.37. The molecule has 0 spiro atoms. The Labute approximate surface area is 138 Å². The van der Waals surface area contributed by atoms with E-state index in [4.69, 9.17) is 4.74 Å². The van der Waals surface area contributed by atoms with E-state index in [9.17, 15) is 9.90 Å². The van der Waals surface area contributed by atoms with Crippen LogP contribution in [0.1, 0.15) is 35.8 Å². The fourth-order valence-electron chi connectivity index (χ4n) is 3.18. The fourth-order valence-corrected chi connectivity index (χ4v) is 3.18. The third kappa shape index (κ3) is 2.55. The van der Waals surface area contributed by atoms with Gasteiger partial charge in [0.1, 0.15) is 0 Å². The van der Waals surface area contributed by atoms with Crippen molar-refractivity contribution in [1.82, 2.24) is 14.8 Å². The molecule has 6 heteroatoms. The Hall–Kier alpha value is -2.73. The van der Waals surface area contributed by atoms with E-state index in [1.807, 2.05) is 28.9 Å². The number of nitrogens with zero attached hydrogens (tertiary/aromatic N) is 3. The van der Waals surface area contributed by atoms with Crippen LogP contribution in [0.5, 0.6) is 0 Å². The lowest BCUT2D eigenvalue weighted by Crippen LogP contribution is -2.19. The standard InChI is InChI=1S/C18H17N3O3/c22-18(23)13-6-8-19-15-5-4-12(11-14(13)15)16-7-9-20-21(16)17-3-1-2-10-24-17/h4-9,11,17H,1-3,10H2,(H,22,23)/t17-/m1/s1. The first-order valence-electron chi connectivity index (χ1n) is 8.01. The van der Waals surface area contributed by atoms with Crippen LogP contribution >= 0.6 is 0 Å². The number of fused-ring (bicyclic) bond motifs is 1. The van der Waals surface area contributed by atoms with E-state index in [0.29, 0.717) is 10.9 Å². The lowest BCUT2D eigenvalue weighted by molar-refractivity contribution is -0.0383. The van der Waals surface area contributed by atoms with Crippen LogP contribution in [-0.2, 0) is 4.74 Å². The Morgan fingerprint density at radius 3 is 2.92 bits per heavy atom. The van der Waals surface area contributed by atoms with Gasteiger partial charge in [-0.3, -0.25) is 4.98 Å². The lowest BCUT2D eigenvalue weighted by atomic mass is 10.0. The van der Waals surface area contributed by atoms with E-state index >= 15 is 0 Å². The van der Waals surface area contributed by atoms with E-state index in [0.717, 1.165) is 37.1 Å². The number of pyridine rings is 1. The van der Waals surface area contributed by atoms with Gasteiger partial charge in [0.05, 0.1) is 16.8 Å². The Morgan fingerprint density at radius 1 is 1.21 bits per heavy atom. The molecule has 0 saturated carbocycles. The van der Waals surface area contributed by atoms with Gasteiger partial charge in [0.2, 0.25) is 0 Å². The quantitative estimate of drug-likeness (QED) is 0.798. The molecule has 0 amide bonds. The third-order valence-corrected chi connectivity index (χ3v) is 4.37. The molecule has 3 heterocycles. The highest BCUT2D eigenvalue weighted by atomic mass is 16.5. The first-order valence-corrected chi connectivity index (χ1v) is 8.01. The minimum atomic E-state index is -0.955. The van der Waals surface area contributed by atoms with Gasteiger partial charge in [0, 0.05) is 30.0 Å². The topological polar surface area (TPSA) is 77.2 Å². The average molecular weight is 323 g/mol. The van der Waals surface area contributed by atoms with Crippen molar-refractivity contribution < 1.29 is 14.6 Å². The van der Waals surface area contributed by atoms with Crippen molar-refractivity contribution in [3.8, 4) is 11.3 Å². The van der Waals surface area contributed by atoms with Crippen molar-refractivity contribution >= 4 is 16.9 Å². The molecule has 1 aromatic carbocycles. The smallest absolute Gasteiger partial charge is 0.336 e. The van der Waals surface area contributed by atoms with Crippen LogP contribution in [0.2, 0.25) is 0 Å². The van der Waals surface area contributed by atoms with Crippen LogP contribution in [-0.4, -0.2) is 32.4 Å². The minimum absolute atomic E-state index is 0.0627. The summed E-state index contributed by atoms with van der Waals surface area (Å²) in [4.78, 5) is 15.7. The van der Waals surface area contributed by atoms with Crippen molar-refractivity contribution in [2.24, 2.45) is 0 Å². The molecule has 6 nitrogen and oxygen atoms in total. The van der Waals surface area contributed by atoms with Gasteiger partial charge in [-0.25, -0.2) is 9.48 Å². The number of carbonyl (C=O) groups is 1. The highest BCUT2D eigenvalue weighted by Crippen LogP contribution is 2.30. The van der Waals surface area contributed by atoms with Gasteiger partial charge in [-0.05, 0) is 43.5 Å². The number of rotatable bonds is 3. The number of carboxylic acid groups (broad SMARTS) is 1. The molecule has 3 aromatic rings. The normalized spacial score (nSPS) is 17.9. The highest BCUT2D eigenvalue weighted by molar-refractivity contribution is 6.03. The molecule has 0 radical (unpaired) electrons. The molecule has 1 saturated heterocycles. The van der Waals surface area contributed by atoms with Crippen molar-refractivity contribution in [3.05, 3.63) is 48.3 Å². The predicted octanol–water partition coefficient (Wildman–Crippen LogP) is 3.50. The van der Waals surface area contributed by atoms with Crippen LogP contribution in [0.15, 0.2) is 42.7 Å². The first-order chi connectivity index (χ1) is 11.7. The summed E-state index contributed by atoms with van der Waals surface area (Å²) in [6, 6.07) is 9.10. The molecule has 0 unspecified atom stereocenters. The Kier molecular flexibility index (Phi) is 3.74. The van der Waals surface area contributed by atoms with Gasteiger partial charge in [0.25, 0.3) is 0 Å². The monoisotopic (exact) mass is 323 g/mol. The number of carboxylic acids is 1. The summed E-state index contributed by atoms with van der Waals surface area (Å²) in [6.45, 7) is 0.745. The average Bonchev–Trinajstić information content (AvgIpc) is 3.11. The molecular weight excluding hydrogens is 306 g/mol. The minimum Gasteiger partial charge on any atom is -0.478 e. The number of benzene rings is 1. The molecule has 4 rings (SSSR count). The van der Waals surface area contributed by atoms with Crippen LogP contribution < -0.4 is 0 Å². The van der Waals surface area contributed by atoms with E-state index < -0.39 is 5.97 Å². The molecule has 1 aliphatic heterocycles.